The number of hydrogen-bond donors (Lipinski definition) is 0. The highest BCUT2D eigenvalue weighted by Gasteiger charge is 2.16. The molecule has 0 bridgehead atoms. The molecule has 2 aromatic rings. The third kappa shape index (κ3) is 3.78. The number of hydrogen-bond acceptors (Lipinski definition) is 2. The van der Waals surface area contributed by atoms with Gasteiger partial charge < -0.3 is 9.64 Å². The fourth-order valence-corrected chi connectivity index (χ4v) is 1.99. The molecule has 2 aromatic carbocycles. The Kier molecular flexibility index (Phi) is 4.87. The van der Waals surface area contributed by atoms with Crippen LogP contribution in [-0.2, 0) is 0 Å². The summed E-state index contributed by atoms with van der Waals surface area (Å²) in [4.78, 5) is 14.1. The Bertz CT molecular complexity index is 585. The van der Waals surface area contributed by atoms with Gasteiger partial charge in [0.1, 0.15) is 5.75 Å². The highest BCUT2D eigenvalue weighted by atomic mass is 19.3. The van der Waals surface area contributed by atoms with Gasteiger partial charge in [0.15, 0.2) is 0 Å². The fraction of sp³-hybridized carbons (Fsp3) is 0.188. The van der Waals surface area contributed by atoms with E-state index in [0.29, 0.717) is 12.1 Å². The molecular formula is C16H15F2NO2. The largest absolute Gasteiger partial charge is 0.435 e. The van der Waals surface area contributed by atoms with Gasteiger partial charge in [-0.25, -0.2) is 0 Å². The molecule has 110 valence electrons. The summed E-state index contributed by atoms with van der Waals surface area (Å²) in [6, 6.07) is 14.9. The molecule has 2 rings (SSSR count). The molecule has 0 unspecified atom stereocenters. The molecule has 0 N–H and O–H groups in total. The highest BCUT2D eigenvalue weighted by Crippen LogP contribution is 2.19. The number of anilines is 1. The maximum atomic E-state index is 12.4. The van der Waals surface area contributed by atoms with Gasteiger partial charge in [-0.1, -0.05) is 18.2 Å². The van der Waals surface area contributed by atoms with Crippen molar-refractivity contribution in [2.75, 3.05) is 11.4 Å². The number of nitrogens with zero attached hydrogens (tertiary/aromatic N) is 1. The Morgan fingerprint density at radius 2 is 1.71 bits per heavy atom. The van der Waals surface area contributed by atoms with Gasteiger partial charge in [-0.3, -0.25) is 4.79 Å². The van der Waals surface area contributed by atoms with Crippen molar-refractivity contribution in [1.29, 1.82) is 0 Å². The topological polar surface area (TPSA) is 29.5 Å². The second kappa shape index (κ2) is 6.83. The zero-order valence-electron chi connectivity index (χ0n) is 11.5. The first-order valence-electron chi connectivity index (χ1n) is 6.53. The van der Waals surface area contributed by atoms with Crippen LogP contribution in [0.3, 0.4) is 0 Å². The molecule has 0 aliphatic carbocycles. The van der Waals surface area contributed by atoms with Crippen molar-refractivity contribution in [3.05, 3.63) is 60.2 Å². The third-order valence-electron chi connectivity index (χ3n) is 2.96. The number of carbonyl (C=O) groups excluding carboxylic acids is 1. The first-order chi connectivity index (χ1) is 10.1. The lowest BCUT2D eigenvalue weighted by Crippen LogP contribution is -2.30. The van der Waals surface area contributed by atoms with Crippen molar-refractivity contribution in [2.45, 2.75) is 13.5 Å². The van der Waals surface area contributed by atoms with Gasteiger partial charge in [0.25, 0.3) is 5.91 Å². The van der Waals surface area contributed by atoms with Crippen LogP contribution in [0.15, 0.2) is 54.6 Å². The van der Waals surface area contributed by atoms with Crippen LogP contribution in [0.1, 0.15) is 17.3 Å². The van der Waals surface area contributed by atoms with E-state index in [0.717, 1.165) is 5.69 Å². The van der Waals surface area contributed by atoms with Gasteiger partial charge >= 0.3 is 6.61 Å². The van der Waals surface area contributed by atoms with Crippen molar-refractivity contribution in [1.82, 2.24) is 0 Å². The first kappa shape index (κ1) is 15.0. The molecule has 0 saturated carbocycles. The van der Waals surface area contributed by atoms with Gasteiger partial charge in [0, 0.05) is 17.8 Å². The monoisotopic (exact) mass is 291 g/mol. The first-order valence-corrected chi connectivity index (χ1v) is 6.53. The zero-order chi connectivity index (χ0) is 15.2. The number of benzene rings is 2. The molecule has 0 fully saturated rings. The van der Waals surface area contributed by atoms with E-state index in [1.54, 1.807) is 4.90 Å². The minimum Gasteiger partial charge on any atom is -0.435 e. The Morgan fingerprint density at radius 3 is 2.24 bits per heavy atom. The second-order valence-electron chi connectivity index (χ2n) is 4.29. The Balaban J connectivity index is 2.18. The molecule has 5 heteroatoms. The van der Waals surface area contributed by atoms with E-state index in [2.05, 4.69) is 4.74 Å². The summed E-state index contributed by atoms with van der Waals surface area (Å²) < 4.78 is 28.4. The van der Waals surface area contributed by atoms with Crippen LogP contribution in [0.2, 0.25) is 0 Å². The molecule has 0 atom stereocenters. The molecule has 0 aliphatic heterocycles. The summed E-state index contributed by atoms with van der Waals surface area (Å²) in [5.41, 5.74) is 1.21. The van der Waals surface area contributed by atoms with E-state index >= 15 is 0 Å². The molecule has 0 saturated heterocycles. The predicted molar refractivity (Wildman–Crippen MR) is 76.9 cm³/mol. The lowest BCUT2D eigenvalue weighted by molar-refractivity contribution is -0.0498. The summed E-state index contributed by atoms with van der Waals surface area (Å²) in [5.74, 6) is -0.156. The minimum absolute atomic E-state index is 0.0318. The van der Waals surface area contributed by atoms with E-state index in [1.165, 1.54) is 24.3 Å². The van der Waals surface area contributed by atoms with E-state index in [1.807, 2.05) is 37.3 Å². The number of ether oxygens (including phenoxy) is 1. The summed E-state index contributed by atoms with van der Waals surface area (Å²) >= 11 is 0. The summed E-state index contributed by atoms with van der Waals surface area (Å²) in [5, 5.41) is 0. The molecule has 0 heterocycles. The van der Waals surface area contributed by atoms with Crippen LogP contribution in [0, 0.1) is 0 Å². The number of carbonyl (C=O) groups is 1. The Hall–Kier alpha value is -2.43. The second-order valence-corrected chi connectivity index (χ2v) is 4.29. The lowest BCUT2D eigenvalue weighted by Gasteiger charge is -2.21. The van der Waals surface area contributed by atoms with E-state index in [9.17, 15) is 13.6 Å². The van der Waals surface area contributed by atoms with Crippen LogP contribution in [0.5, 0.6) is 5.75 Å². The summed E-state index contributed by atoms with van der Waals surface area (Å²) in [6.07, 6.45) is 0. The molecule has 21 heavy (non-hydrogen) atoms. The number of alkyl halides is 2. The van der Waals surface area contributed by atoms with Gasteiger partial charge in [-0.15, -0.1) is 0 Å². The van der Waals surface area contributed by atoms with Crippen LogP contribution in [0.25, 0.3) is 0 Å². The quantitative estimate of drug-likeness (QED) is 0.834. The van der Waals surface area contributed by atoms with Gasteiger partial charge in [0.2, 0.25) is 0 Å². The molecular weight excluding hydrogens is 276 g/mol. The molecule has 0 aromatic heterocycles. The summed E-state index contributed by atoms with van der Waals surface area (Å²) in [6.45, 7) is -0.486. The van der Waals surface area contributed by atoms with Crippen molar-refractivity contribution in [3.8, 4) is 5.75 Å². The van der Waals surface area contributed by atoms with E-state index in [4.69, 9.17) is 0 Å². The van der Waals surface area contributed by atoms with Crippen LogP contribution < -0.4 is 9.64 Å². The van der Waals surface area contributed by atoms with E-state index < -0.39 is 6.61 Å². The number of para-hydroxylation sites is 1. The Morgan fingerprint density at radius 1 is 1.10 bits per heavy atom. The third-order valence-corrected chi connectivity index (χ3v) is 2.96. The van der Waals surface area contributed by atoms with E-state index in [-0.39, 0.29) is 11.7 Å². The minimum atomic E-state index is -2.87. The van der Waals surface area contributed by atoms with Crippen molar-refractivity contribution in [3.63, 3.8) is 0 Å². The molecule has 1 amide bonds. The van der Waals surface area contributed by atoms with Crippen LogP contribution in [-0.4, -0.2) is 19.1 Å². The maximum absolute atomic E-state index is 12.4. The van der Waals surface area contributed by atoms with Crippen molar-refractivity contribution >= 4 is 11.6 Å². The molecule has 0 spiro atoms. The fourth-order valence-electron chi connectivity index (χ4n) is 1.99. The predicted octanol–water partition coefficient (Wildman–Crippen LogP) is 3.95. The smallest absolute Gasteiger partial charge is 0.387 e. The SMILES string of the molecule is CCN(C(=O)c1ccc(OC(F)F)cc1)c1ccccc1. The van der Waals surface area contributed by atoms with Crippen molar-refractivity contribution in [2.24, 2.45) is 0 Å². The van der Waals surface area contributed by atoms with Crippen molar-refractivity contribution < 1.29 is 18.3 Å². The normalized spacial score (nSPS) is 10.5. The zero-order valence-corrected chi connectivity index (χ0v) is 11.5. The van der Waals surface area contributed by atoms with Gasteiger partial charge in [0.05, 0.1) is 0 Å². The average Bonchev–Trinajstić information content (AvgIpc) is 2.49. The summed E-state index contributed by atoms with van der Waals surface area (Å²) in [7, 11) is 0. The molecule has 3 nitrogen and oxygen atoms in total. The average molecular weight is 291 g/mol. The molecule has 0 radical (unpaired) electrons. The standard InChI is InChI=1S/C16H15F2NO2/c1-2-19(13-6-4-3-5-7-13)15(20)12-8-10-14(11-9-12)21-16(17)18/h3-11,16H,2H2,1H3. The van der Waals surface area contributed by atoms with Gasteiger partial charge in [-0.05, 0) is 43.3 Å². The number of rotatable bonds is 5. The number of halogens is 2. The maximum Gasteiger partial charge on any atom is 0.387 e. The highest BCUT2D eigenvalue weighted by molar-refractivity contribution is 6.06. The lowest BCUT2D eigenvalue weighted by atomic mass is 10.1. The molecule has 0 aliphatic rings. The van der Waals surface area contributed by atoms with Gasteiger partial charge in [-0.2, -0.15) is 8.78 Å². The number of amides is 1. The van der Waals surface area contributed by atoms with Crippen LogP contribution in [0.4, 0.5) is 14.5 Å². The Labute approximate surface area is 121 Å². The van der Waals surface area contributed by atoms with Crippen LogP contribution >= 0.6 is 0 Å².